The molecule has 0 radical (unpaired) electrons. The average molecular weight is 394 g/mol. The number of aliphatic hydroxyl groups excluding tert-OH is 3. The quantitative estimate of drug-likeness (QED) is 0.251. The summed E-state index contributed by atoms with van der Waals surface area (Å²) in [4.78, 5) is 0. The van der Waals surface area contributed by atoms with E-state index in [9.17, 15) is 10.2 Å². The standard InChI is InChI=1S/C24H43NO3/c1-2-3-5-10-21(27)11-12-22-23-17-19(16-20(23)18-24(22)28)9-6-4-7-13-25-14-8-15-26/h11-12,16,20-28H,2-10,13-15,17-18H2,1H3/b12-11+/t20-,21+,22+,23-,24+/m0/s1. The first-order valence-electron chi connectivity index (χ1n) is 11.7. The van der Waals surface area contributed by atoms with Crippen LogP contribution in [0.4, 0.5) is 0 Å². The molecule has 2 aliphatic carbocycles. The summed E-state index contributed by atoms with van der Waals surface area (Å²) in [5, 5.41) is 32.7. The zero-order valence-electron chi connectivity index (χ0n) is 17.9. The highest BCUT2D eigenvalue weighted by Gasteiger charge is 2.43. The summed E-state index contributed by atoms with van der Waals surface area (Å²) in [6, 6.07) is 0. The zero-order valence-corrected chi connectivity index (χ0v) is 17.9. The number of rotatable bonds is 15. The number of fused-ring (bicyclic) bond motifs is 1. The van der Waals surface area contributed by atoms with Crippen LogP contribution in [0, 0.1) is 17.8 Å². The van der Waals surface area contributed by atoms with Crippen LogP contribution in [0.15, 0.2) is 23.8 Å². The molecule has 0 amide bonds. The van der Waals surface area contributed by atoms with Gasteiger partial charge in [-0.2, -0.15) is 0 Å². The van der Waals surface area contributed by atoms with Crippen molar-refractivity contribution in [2.45, 2.75) is 89.8 Å². The molecule has 0 aromatic heterocycles. The van der Waals surface area contributed by atoms with Crippen molar-refractivity contribution in [1.82, 2.24) is 5.32 Å². The number of allylic oxidation sites excluding steroid dienone is 2. The Kier molecular flexibility index (Phi) is 11.4. The Morgan fingerprint density at radius 2 is 1.96 bits per heavy atom. The van der Waals surface area contributed by atoms with Crippen LogP contribution in [0.1, 0.15) is 77.6 Å². The molecule has 0 bridgehead atoms. The Balaban J connectivity index is 1.66. The van der Waals surface area contributed by atoms with Crippen molar-refractivity contribution in [1.29, 1.82) is 0 Å². The topological polar surface area (TPSA) is 72.7 Å². The van der Waals surface area contributed by atoms with E-state index < -0.39 is 0 Å². The summed E-state index contributed by atoms with van der Waals surface area (Å²) >= 11 is 0. The van der Waals surface area contributed by atoms with Gasteiger partial charge in [0.2, 0.25) is 0 Å². The minimum Gasteiger partial charge on any atom is -0.396 e. The van der Waals surface area contributed by atoms with Crippen LogP contribution < -0.4 is 5.32 Å². The maximum atomic E-state index is 10.5. The Morgan fingerprint density at radius 1 is 1.14 bits per heavy atom. The van der Waals surface area contributed by atoms with Gasteiger partial charge in [-0.3, -0.25) is 0 Å². The molecule has 4 heteroatoms. The van der Waals surface area contributed by atoms with Gasteiger partial charge in [-0.1, -0.05) is 56.4 Å². The van der Waals surface area contributed by atoms with Gasteiger partial charge in [0.15, 0.2) is 0 Å². The summed E-state index contributed by atoms with van der Waals surface area (Å²) in [7, 11) is 0. The molecule has 0 aromatic rings. The molecular formula is C24H43NO3. The molecule has 2 rings (SSSR count). The minimum absolute atomic E-state index is 0.204. The Hall–Kier alpha value is -0.680. The highest BCUT2D eigenvalue weighted by Crippen LogP contribution is 2.48. The number of hydrogen-bond acceptors (Lipinski definition) is 4. The van der Waals surface area contributed by atoms with E-state index >= 15 is 0 Å². The fourth-order valence-electron chi connectivity index (χ4n) is 4.85. The Bertz CT molecular complexity index is 476. The Labute approximate surface area is 172 Å². The maximum absolute atomic E-state index is 10.5. The fourth-order valence-corrected chi connectivity index (χ4v) is 4.85. The third kappa shape index (κ3) is 7.98. The summed E-state index contributed by atoms with van der Waals surface area (Å²) in [5.41, 5.74) is 1.58. The minimum atomic E-state index is -0.363. The Morgan fingerprint density at radius 3 is 2.75 bits per heavy atom. The zero-order chi connectivity index (χ0) is 20.2. The van der Waals surface area contributed by atoms with Gasteiger partial charge < -0.3 is 20.6 Å². The number of hydrogen-bond donors (Lipinski definition) is 4. The lowest BCUT2D eigenvalue weighted by atomic mass is 9.88. The summed E-state index contributed by atoms with van der Waals surface area (Å²) in [6.45, 7) is 4.41. The summed E-state index contributed by atoms with van der Waals surface area (Å²) in [6.07, 6.45) is 17.9. The second kappa shape index (κ2) is 13.5. The number of aliphatic hydroxyl groups is 3. The lowest BCUT2D eigenvalue weighted by Gasteiger charge is -2.19. The molecular weight excluding hydrogens is 350 g/mol. The normalized spacial score (nSPS) is 28.1. The molecule has 0 aromatic carbocycles. The third-order valence-corrected chi connectivity index (χ3v) is 6.47. The first-order valence-corrected chi connectivity index (χ1v) is 11.7. The molecule has 4 N–H and O–H groups in total. The highest BCUT2D eigenvalue weighted by atomic mass is 16.3. The van der Waals surface area contributed by atoms with Crippen molar-refractivity contribution in [3.8, 4) is 0 Å². The van der Waals surface area contributed by atoms with E-state index in [0.29, 0.717) is 11.8 Å². The third-order valence-electron chi connectivity index (χ3n) is 6.47. The van der Waals surface area contributed by atoms with Crippen molar-refractivity contribution >= 4 is 0 Å². The van der Waals surface area contributed by atoms with Gasteiger partial charge >= 0.3 is 0 Å². The van der Waals surface area contributed by atoms with E-state index in [4.69, 9.17) is 5.11 Å². The monoisotopic (exact) mass is 393 g/mol. The van der Waals surface area contributed by atoms with Crippen LogP contribution in [0.5, 0.6) is 0 Å². The molecule has 162 valence electrons. The predicted molar refractivity (Wildman–Crippen MR) is 116 cm³/mol. The molecule has 0 spiro atoms. The van der Waals surface area contributed by atoms with Crippen LogP contribution in [0.2, 0.25) is 0 Å². The van der Waals surface area contributed by atoms with E-state index in [1.54, 1.807) is 5.57 Å². The van der Waals surface area contributed by atoms with Crippen LogP contribution >= 0.6 is 0 Å². The summed E-state index contributed by atoms with van der Waals surface area (Å²) < 4.78 is 0. The molecule has 4 nitrogen and oxygen atoms in total. The molecule has 0 aliphatic heterocycles. The molecule has 0 unspecified atom stereocenters. The highest BCUT2D eigenvalue weighted by molar-refractivity contribution is 5.20. The van der Waals surface area contributed by atoms with Crippen molar-refractivity contribution in [2.24, 2.45) is 17.8 Å². The number of nitrogens with one attached hydrogen (secondary N) is 1. The maximum Gasteiger partial charge on any atom is 0.0721 e. The van der Waals surface area contributed by atoms with Crippen molar-refractivity contribution < 1.29 is 15.3 Å². The van der Waals surface area contributed by atoms with Crippen molar-refractivity contribution in [2.75, 3.05) is 19.7 Å². The average Bonchev–Trinajstić information content (AvgIpc) is 3.19. The molecule has 0 heterocycles. The second-order valence-corrected chi connectivity index (χ2v) is 8.82. The molecule has 28 heavy (non-hydrogen) atoms. The van der Waals surface area contributed by atoms with E-state index in [-0.39, 0.29) is 24.7 Å². The van der Waals surface area contributed by atoms with Gasteiger partial charge in [-0.05, 0) is 69.9 Å². The van der Waals surface area contributed by atoms with Gasteiger partial charge in [-0.15, -0.1) is 0 Å². The van der Waals surface area contributed by atoms with Gasteiger partial charge in [0.25, 0.3) is 0 Å². The van der Waals surface area contributed by atoms with Crippen LogP contribution in [0.25, 0.3) is 0 Å². The van der Waals surface area contributed by atoms with E-state index in [0.717, 1.165) is 45.2 Å². The molecule has 5 atom stereocenters. The molecule has 1 saturated carbocycles. The molecule has 2 aliphatic rings. The number of unbranched alkanes of at least 4 members (excludes halogenated alkanes) is 4. The van der Waals surface area contributed by atoms with Crippen molar-refractivity contribution in [3.63, 3.8) is 0 Å². The predicted octanol–water partition coefficient (Wildman–Crippen LogP) is 3.96. The van der Waals surface area contributed by atoms with Gasteiger partial charge in [-0.25, -0.2) is 0 Å². The van der Waals surface area contributed by atoms with E-state index in [1.807, 2.05) is 6.08 Å². The first-order chi connectivity index (χ1) is 13.7. The fraction of sp³-hybridized carbons (Fsp3) is 0.833. The van der Waals surface area contributed by atoms with Crippen LogP contribution in [0.3, 0.4) is 0 Å². The van der Waals surface area contributed by atoms with Crippen LogP contribution in [-0.2, 0) is 0 Å². The van der Waals surface area contributed by atoms with Gasteiger partial charge in [0.05, 0.1) is 12.2 Å². The SMILES string of the molecule is CCCCC[C@@H](O)/C=C/[C@@H]1[C@H]2CC(CCCCCNCCCO)=C[C@H]2C[C@H]1O. The second-order valence-electron chi connectivity index (χ2n) is 8.82. The smallest absolute Gasteiger partial charge is 0.0721 e. The van der Waals surface area contributed by atoms with Gasteiger partial charge in [0.1, 0.15) is 0 Å². The lowest BCUT2D eigenvalue weighted by Crippen LogP contribution is -2.18. The first kappa shape index (κ1) is 23.6. The summed E-state index contributed by atoms with van der Waals surface area (Å²) in [5.74, 6) is 1.26. The molecule has 0 saturated heterocycles. The van der Waals surface area contributed by atoms with Crippen LogP contribution in [-0.4, -0.2) is 47.2 Å². The van der Waals surface area contributed by atoms with Crippen molar-refractivity contribution in [3.05, 3.63) is 23.8 Å². The van der Waals surface area contributed by atoms with E-state index in [1.165, 1.54) is 38.5 Å². The lowest BCUT2D eigenvalue weighted by molar-refractivity contribution is 0.139. The largest absolute Gasteiger partial charge is 0.396 e. The molecule has 1 fully saturated rings. The van der Waals surface area contributed by atoms with E-state index in [2.05, 4.69) is 24.4 Å². The van der Waals surface area contributed by atoms with Gasteiger partial charge in [0, 0.05) is 12.5 Å².